The molecule has 1 aromatic carbocycles. The van der Waals surface area contributed by atoms with Crippen LogP contribution in [0.25, 0.3) is 10.9 Å². The predicted molar refractivity (Wildman–Crippen MR) is 95.0 cm³/mol. The van der Waals surface area contributed by atoms with Crippen LogP contribution >= 0.6 is 0 Å². The highest BCUT2D eigenvalue weighted by molar-refractivity contribution is 7.89. The van der Waals surface area contributed by atoms with Crippen molar-refractivity contribution in [2.75, 3.05) is 5.32 Å². The summed E-state index contributed by atoms with van der Waals surface area (Å²) in [5.74, 6) is 0. The third-order valence-electron chi connectivity index (χ3n) is 3.65. The number of nitrogens with one attached hydrogen (secondary N) is 2. The second-order valence-electron chi connectivity index (χ2n) is 6.15. The fraction of sp³-hybridized carbons (Fsp3) is 0.176. The molecule has 0 unspecified atom stereocenters. The lowest BCUT2D eigenvalue weighted by atomic mass is 10.0. The van der Waals surface area contributed by atoms with Gasteiger partial charge in [-0.15, -0.1) is 0 Å². The zero-order valence-electron chi connectivity index (χ0n) is 14.1. The maximum atomic E-state index is 12.3. The number of pyridine rings is 1. The van der Waals surface area contributed by atoms with Crippen LogP contribution in [0.2, 0.25) is 0 Å². The van der Waals surface area contributed by atoms with Crippen LogP contribution in [-0.4, -0.2) is 24.5 Å². The van der Waals surface area contributed by atoms with Crippen molar-refractivity contribution in [1.82, 2.24) is 9.71 Å². The number of aromatic nitrogens is 1. The molecule has 0 saturated heterocycles. The molecule has 26 heavy (non-hydrogen) atoms. The highest BCUT2D eigenvalue weighted by Crippen LogP contribution is 2.24. The number of furan rings is 1. The molecule has 0 atom stereocenters. The average Bonchev–Trinajstić information content (AvgIpc) is 3.06. The summed E-state index contributed by atoms with van der Waals surface area (Å²) in [6, 6.07) is 8.94. The van der Waals surface area contributed by atoms with Gasteiger partial charge in [0, 0.05) is 23.2 Å². The van der Waals surface area contributed by atoms with E-state index in [4.69, 9.17) is 4.42 Å². The minimum absolute atomic E-state index is 0.275. The molecule has 0 radical (unpaired) electrons. The van der Waals surface area contributed by atoms with E-state index in [1.165, 1.54) is 13.8 Å². The SMILES string of the molecule is CC(C)(O)c1coc(S(=O)(=O)NC(=O)Nc2cccc3cccnc23)c1. The Balaban J connectivity index is 1.79. The second kappa shape index (κ2) is 6.43. The zero-order chi connectivity index (χ0) is 18.9. The summed E-state index contributed by atoms with van der Waals surface area (Å²) >= 11 is 0. The molecule has 8 nitrogen and oxygen atoms in total. The van der Waals surface area contributed by atoms with Crippen molar-refractivity contribution in [2.45, 2.75) is 24.5 Å². The van der Waals surface area contributed by atoms with Gasteiger partial charge in [-0.2, -0.15) is 8.42 Å². The lowest BCUT2D eigenvalue weighted by Gasteiger charge is -2.13. The molecular formula is C17H17N3O5S. The Bertz CT molecular complexity index is 1060. The summed E-state index contributed by atoms with van der Waals surface area (Å²) in [6.45, 7) is 2.98. The maximum absolute atomic E-state index is 12.3. The van der Waals surface area contributed by atoms with E-state index in [1.54, 1.807) is 24.4 Å². The van der Waals surface area contributed by atoms with Crippen LogP contribution in [0, 0.1) is 0 Å². The molecular weight excluding hydrogens is 358 g/mol. The predicted octanol–water partition coefficient (Wildman–Crippen LogP) is 2.57. The summed E-state index contributed by atoms with van der Waals surface area (Å²) in [4.78, 5) is 16.3. The van der Waals surface area contributed by atoms with Gasteiger partial charge in [0.15, 0.2) is 0 Å². The number of benzene rings is 1. The first-order chi connectivity index (χ1) is 12.2. The lowest BCUT2D eigenvalue weighted by molar-refractivity contribution is 0.0779. The summed E-state index contributed by atoms with van der Waals surface area (Å²) < 4.78 is 31.4. The van der Waals surface area contributed by atoms with Gasteiger partial charge in [0.2, 0.25) is 5.09 Å². The quantitative estimate of drug-likeness (QED) is 0.644. The van der Waals surface area contributed by atoms with Gasteiger partial charge in [0.05, 0.1) is 23.1 Å². The van der Waals surface area contributed by atoms with Gasteiger partial charge >= 0.3 is 6.03 Å². The van der Waals surface area contributed by atoms with Crippen LogP contribution in [-0.2, 0) is 15.6 Å². The van der Waals surface area contributed by atoms with E-state index in [-0.39, 0.29) is 5.56 Å². The first kappa shape index (κ1) is 17.9. The number of para-hydroxylation sites is 1. The topological polar surface area (TPSA) is 122 Å². The molecule has 2 amide bonds. The Labute approximate surface area is 149 Å². The number of anilines is 1. The Hall–Kier alpha value is -2.91. The summed E-state index contributed by atoms with van der Waals surface area (Å²) in [6.07, 6.45) is 2.70. The van der Waals surface area contributed by atoms with Crippen molar-refractivity contribution in [3.63, 3.8) is 0 Å². The molecule has 3 rings (SSSR count). The summed E-state index contributed by atoms with van der Waals surface area (Å²) in [5, 5.41) is 12.7. The van der Waals surface area contributed by atoms with Crippen LogP contribution in [0.1, 0.15) is 19.4 Å². The number of hydrogen-bond acceptors (Lipinski definition) is 6. The molecule has 3 N–H and O–H groups in total. The molecule has 0 spiro atoms. The van der Waals surface area contributed by atoms with E-state index in [1.807, 2.05) is 16.9 Å². The van der Waals surface area contributed by atoms with Crippen molar-refractivity contribution in [3.05, 3.63) is 54.4 Å². The van der Waals surface area contributed by atoms with E-state index < -0.39 is 26.7 Å². The van der Waals surface area contributed by atoms with Crippen LogP contribution in [0.15, 0.2) is 58.4 Å². The molecule has 9 heteroatoms. The summed E-state index contributed by atoms with van der Waals surface area (Å²) in [5.41, 5.74) is -0.0949. The smallest absolute Gasteiger partial charge is 0.333 e. The number of aliphatic hydroxyl groups is 1. The van der Waals surface area contributed by atoms with Crippen molar-refractivity contribution < 1.29 is 22.7 Å². The molecule has 2 heterocycles. The molecule has 136 valence electrons. The van der Waals surface area contributed by atoms with Gasteiger partial charge in [-0.25, -0.2) is 9.52 Å². The fourth-order valence-corrected chi connectivity index (χ4v) is 3.16. The molecule has 0 aliphatic heterocycles. The number of amides is 2. The highest BCUT2D eigenvalue weighted by atomic mass is 32.2. The van der Waals surface area contributed by atoms with E-state index in [0.717, 1.165) is 17.7 Å². The maximum Gasteiger partial charge on any atom is 0.333 e. The van der Waals surface area contributed by atoms with E-state index in [0.29, 0.717) is 11.2 Å². The number of rotatable bonds is 4. The number of fused-ring (bicyclic) bond motifs is 1. The number of hydrogen-bond donors (Lipinski definition) is 3. The van der Waals surface area contributed by atoms with E-state index >= 15 is 0 Å². The van der Waals surface area contributed by atoms with Gasteiger partial charge in [0.1, 0.15) is 0 Å². The Morgan fingerprint density at radius 3 is 2.65 bits per heavy atom. The summed E-state index contributed by atoms with van der Waals surface area (Å²) in [7, 11) is -4.23. The molecule has 0 aliphatic carbocycles. The Morgan fingerprint density at radius 2 is 1.96 bits per heavy atom. The minimum Gasteiger partial charge on any atom is -0.451 e. The molecule has 0 saturated carbocycles. The van der Waals surface area contributed by atoms with Gasteiger partial charge in [-0.3, -0.25) is 4.98 Å². The number of sulfonamides is 1. The van der Waals surface area contributed by atoms with Crippen molar-refractivity contribution in [3.8, 4) is 0 Å². The van der Waals surface area contributed by atoms with Gasteiger partial charge in [-0.1, -0.05) is 18.2 Å². The third-order valence-corrected chi connectivity index (χ3v) is 4.85. The minimum atomic E-state index is -4.23. The number of carbonyl (C=O) groups excluding carboxylic acids is 1. The van der Waals surface area contributed by atoms with Crippen LogP contribution < -0.4 is 10.0 Å². The normalized spacial score (nSPS) is 12.1. The second-order valence-corrected chi connectivity index (χ2v) is 7.77. The van der Waals surface area contributed by atoms with Crippen LogP contribution in [0.4, 0.5) is 10.5 Å². The first-order valence-electron chi connectivity index (χ1n) is 7.66. The van der Waals surface area contributed by atoms with Gasteiger partial charge < -0.3 is 14.8 Å². The molecule has 0 aliphatic rings. The largest absolute Gasteiger partial charge is 0.451 e. The molecule has 0 bridgehead atoms. The van der Waals surface area contributed by atoms with Crippen molar-refractivity contribution >= 4 is 32.6 Å². The number of carbonyl (C=O) groups is 1. The fourth-order valence-electron chi connectivity index (χ4n) is 2.30. The van der Waals surface area contributed by atoms with Gasteiger partial charge in [0.25, 0.3) is 10.0 Å². The Morgan fingerprint density at radius 1 is 1.23 bits per heavy atom. The zero-order valence-corrected chi connectivity index (χ0v) is 14.9. The molecule has 3 aromatic rings. The van der Waals surface area contributed by atoms with Gasteiger partial charge in [-0.05, 0) is 26.0 Å². The van der Waals surface area contributed by atoms with E-state index in [2.05, 4.69) is 10.3 Å². The van der Waals surface area contributed by atoms with Crippen LogP contribution in [0.5, 0.6) is 0 Å². The molecule has 0 fully saturated rings. The first-order valence-corrected chi connectivity index (χ1v) is 9.14. The third kappa shape index (κ3) is 3.68. The molecule has 2 aromatic heterocycles. The monoisotopic (exact) mass is 375 g/mol. The average molecular weight is 375 g/mol. The van der Waals surface area contributed by atoms with Crippen molar-refractivity contribution in [1.29, 1.82) is 0 Å². The van der Waals surface area contributed by atoms with E-state index in [9.17, 15) is 18.3 Å². The van der Waals surface area contributed by atoms with Crippen LogP contribution in [0.3, 0.4) is 0 Å². The van der Waals surface area contributed by atoms with Crippen molar-refractivity contribution in [2.24, 2.45) is 0 Å². The Kier molecular flexibility index (Phi) is 4.43. The standard InChI is InChI=1S/C17H17N3O5S/c1-17(2,22)12-9-14(25-10-12)26(23,24)20-16(21)19-13-7-3-5-11-6-4-8-18-15(11)13/h3-10,22H,1-2H3,(H2,19,20,21). The highest BCUT2D eigenvalue weighted by Gasteiger charge is 2.26. The lowest BCUT2D eigenvalue weighted by Crippen LogP contribution is -2.34. The number of nitrogens with zero attached hydrogens (tertiary/aromatic N) is 1. The number of urea groups is 1.